The highest BCUT2D eigenvalue weighted by atomic mass is 32.2. The van der Waals surface area contributed by atoms with Crippen LogP contribution in [-0.4, -0.2) is 27.6 Å². The van der Waals surface area contributed by atoms with Crippen molar-refractivity contribution in [2.24, 2.45) is 0 Å². The maximum absolute atomic E-state index is 12.1. The van der Waals surface area contributed by atoms with Gasteiger partial charge in [-0.05, 0) is 45.0 Å². The molecule has 0 bridgehead atoms. The lowest BCUT2D eigenvalue weighted by atomic mass is 10.1. The highest BCUT2D eigenvalue weighted by Gasteiger charge is 2.12. The quantitative estimate of drug-likeness (QED) is 0.506. The number of hydrogen-bond donors (Lipinski definition) is 1. The lowest BCUT2D eigenvalue weighted by molar-refractivity contribution is -0.113. The van der Waals surface area contributed by atoms with Crippen molar-refractivity contribution in [3.05, 3.63) is 59.2 Å². The average molecular weight is 381 g/mol. The van der Waals surface area contributed by atoms with Gasteiger partial charge >= 0.3 is 0 Å². The van der Waals surface area contributed by atoms with Crippen LogP contribution < -0.4 is 5.32 Å². The van der Waals surface area contributed by atoms with Crippen molar-refractivity contribution in [1.82, 2.24) is 10.2 Å². The SMILES string of the molecule is CC(=O)c1cccc(NC(=O)CSc2nnc(-c3cc(C)cc(C)c3)o2)c1. The number of carbonyl (C=O) groups is 2. The number of benzene rings is 2. The smallest absolute Gasteiger partial charge is 0.277 e. The Kier molecular flexibility index (Phi) is 5.71. The van der Waals surface area contributed by atoms with E-state index in [-0.39, 0.29) is 17.4 Å². The number of thioether (sulfide) groups is 1. The maximum Gasteiger partial charge on any atom is 0.277 e. The van der Waals surface area contributed by atoms with Crippen molar-refractivity contribution in [2.45, 2.75) is 26.0 Å². The molecule has 27 heavy (non-hydrogen) atoms. The van der Waals surface area contributed by atoms with Crippen molar-refractivity contribution in [3.8, 4) is 11.5 Å². The number of amides is 1. The number of rotatable bonds is 6. The van der Waals surface area contributed by atoms with E-state index in [0.29, 0.717) is 22.4 Å². The van der Waals surface area contributed by atoms with Crippen LogP contribution in [0.25, 0.3) is 11.5 Å². The van der Waals surface area contributed by atoms with Crippen LogP contribution in [-0.2, 0) is 4.79 Å². The minimum absolute atomic E-state index is 0.0507. The van der Waals surface area contributed by atoms with Crippen molar-refractivity contribution >= 4 is 29.1 Å². The molecule has 0 spiro atoms. The Balaban J connectivity index is 1.60. The Morgan fingerprint density at radius 1 is 1.07 bits per heavy atom. The van der Waals surface area contributed by atoms with E-state index >= 15 is 0 Å². The van der Waals surface area contributed by atoms with Gasteiger partial charge in [0.2, 0.25) is 11.8 Å². The molecule has 1 amide bonds. The van der Waals surface area contributed by atoms with Gasteiger partial charge in [-0.1, -0.05) is 41.1 Å². The lowest BCUT2D eigenvalue weighted by Crippen LogP contribution is -2.14. The van der Waals surface area contributed by atoms with Gasteiger partial charge in [0.1, 0.15) is 0 Å². The van der Waals surface area contributed by atoms with Crippen LogP contribution in [0.4, 0.5) is 5.69 Å². The summed E-state index contributed by atoms with van der Waals surface area (Å²) in [6.45, 7) is 5.50. The van der Waals surface area contributed by atoms with E-state index < -0.39 is 0 Å². The predicted molar refractivity (Wildman–Crippen MR) is 105 cm³/mol. The standard InChI is InChI=1S/C20H19N3O3S/c1-12-7-13(2)9-16(8-12)19-22-23-20(26-19)27-11-18(25)21-17-6-4-5-15(10-17)14(3)24/h4-10H,11H2,1-3H3,(H,21,25). The number of nitrogens with zero attached hydrogens (tertiary/aromatic N) is 2. The Bertz CT molecular complexity index is 977. The van der Waals surface area contributed by atoms with Crippen LogP contribution in [0, 0.1) is 13.8 Å². The fourth-order valence-corrected chi connectivity index (χ4v) is 3.19. The summed E-state index contributed by atoms with van der Waals surface area (Å²) in [5.74, 6) is 0.287. The Morgan fingerprint density at radius 2 is 1.81 bits per heavy atom. The van der Waals surface area contributed by atoms with E-state index in [1.165, 1.54) is 6.92 Å². The molecule has 0 aliphatic heterocycles. The number of nitrogens with one attached hydrogen (secondary N) is 1. The topological polar surface area (TPSA) is 85.1 Å². The van der Waals surface area contributed by atoms with Crippen LogP contribution in [0.5, 0.6) is 0 Å². The maximum atomic E-state index is 12.1. The second-order valence-electron chi connectivity index (χ2n) is 6.22. The Labute approximate surface area is 161 Å². The first-order valence-corrected chi connectivity index (χ1v) is 9.35. The molecule has 0 saturated heterocycles. The van der Waals surface area contributed by atoms with Crippen LogP contribution >= 0.6 is 11.8 Å². The fourth-order valence-electron chi connectivity index (χ4n) is 2.62. The zero-order valence-corrected chi connectivity index (χ0v) is 16.1. The zero-order valence-electron chi connectivity index (χ0n) is 15.3. The highest BCUT2D eigenvalue weighted by Crippen LogP contribution is 2.25. The molecule has 0 fully saturated rings. The summed E-state index contributed by atoms with van der Waals surface area (Å²) in [7, 11) is 0. The molecule has 3 rings (SSSR count). The van der Waals surface area contributed by atoms with Gasteiger partial charge in [-0.25, -0.2) is 0 Å². The number of Topliss-reactive ketones (excluding diaryl/α,β-unsaturated/α-hetero) is 1. The molecule has 1 N–H and O–H groups in total. The first-order chi connectivity index (χ1) is 12.9. The molecule has 0 radical (unpaired) electrons. The van der Waals surface area contributed by atoms with Gasteiger partial charge < -0.3 is 9.73 Å². The normalized spacial score (nSPS) is 10.6. The van der Waals surface area contributed by atoms with Gasteiger partial charge in [0.15, 0.2) is 5.78 Å². The number of aryl methyl sites for hydroxylation is 2. The van der Waals surface area contributed by atoms with E-state index in [1.54, 1.807) is 24.3 Å². The zero-order chi connectivity index (χ0) is 19.4. The van der Waals surface area contributed by atoms with Gasteiger partial charge in [-0.3, -0.25) is 9.59 Å². The summed E-state index contributed by atoms with van der Waals surface area (Å²) in [6, 6.07) is 12.8. The van der Waals surface area contributed by atoms with Crippen molar-refractivity contribution < 1.29 is 14.0 Å². The summed E-state index contributed by atoms with van der Waals surface area (Å²) in [5, 5.41) is 11.1. The molecule has 0 aliphatic rings. The number of hydrogen-bond acceptors (Lipinski definition) is 6. The first-order valence-electron chi connectivity index (χ1n) is 8.36. The third-order valence-corrected chi connectivity index (χ3v) is 4.57. The molecule has 0 unspecified atom stereocenters. The second-order valence-corrected chi connectivity index (χ2v) is 7.15. The molecule has 138 valence electrons. The van der Waals surface area contributed by atoms with Gasteiger partial charge in [0.05, 0.1) is 5.75 Å². The number of aromatic nitrogens is 2. The summed E-state index contributed by atoms with van der Waals surface area (Å²) < 4.78 is 5.65. The monoisotopic (exact) mass is 381 g/mol. The van der Waals surface area contributed by atoms with E-state index in [1.807, 2.05) is 26.0 Å². The molecule has 3 aromatic rings. The Morgan fingerprint density at radius 3 is 2.52 bits per heavy atom. The molecule has 2 aromatic carbocycles. The van der Waals surface area contributed by atoms with Gasteiger partial charge in [-0.15, -0.1) is 10.2 Å². The second kappa shape index (κ2) is 8.18. The van der Waals surface area contributed by atoms with Gasteiger partial charge in [0.25, 0.3) is 5.22 Å². The van der Waals surface area contributed by atoms with Crippen LogP contribution in [0.1, 0.15) is 28.4 Å². The van der Waals surface area contributed by atoms with E-state index in [2.05, 4.69) is 21.6 Å². The number of ketones is 1. The first kappa shape index (κ1) is 18.8. The fraction of sp³-hybridized carbons (Fsp3) is 0.200. The van der Waals surface area contributed by atoms with Crippen LogP contribution in [0.3, 0.4) is 0 Å². The largest absolute Gasteiger partial charge is 0.411 e. The highest BCUT2D eigenvalue weighted by molar-refractivity contribution is 7.99. The van der Waals surface area contributed by atoms with Crippen LogP contribution in [0.2, 0.25) is 0 Å². The molecule has 0 saturated carbocycles. The predicted octanol–water partition coefficient (Wildman–Crippen LogP) is 4.29. The average Bonchev–Trinajstić information content (AvgIpc) is 3.08. The molecule has 7 heteroatoms. The van der Waals surface area contributed by atoms with Crippen molar-refractivity contribution in [1.29, 1.82) is 0 Å². The molecular formula is C20H19N3O3S. The lowest BCUT2D eigenvalue weighted by Gasteiger charge is -2.05. The summed E-state index contributed by atoms with van der Waals surface area (Å²) in [5.41, 5.74) is 4.22. The molecule has 6 nitrogen and oxygen atoms in total. The van der Waals surface area contributed by atoms with Crippen molar-refractivity contribution in [2.75, 3.05) is 11.1 Å². The van der Waals surface area contributed by atoms with Gasteiger partial charge in [-0.2, -0.15) is 0 Å². The minimum Gasteiger partial charge on any atom is -0.411 e. The number of carbonyl (C=O) groups excluding carboxylic acids is 2. The van der Waals surface area contributed by atoms with Gasteiger partial charge in [0, 0.05) is 16.8 Å². The van der Waals surface area contributed by atoms with Crippen LogP contribution in [0.15, 0.2) is 52.1 Å². The van der Waals surface area contributed by atoms with Crippen molar-refractivity contribution in [3.63, 3.8) is 0 Å². The molecule has 0 aliphatic carbocycles. The summed E-state index contributed by atoms with van der Waals surface area (Å²) in [6.07, 6.45) is 0. The molecular weight excluding hydrogens is 362 g/mol. The number of anilines is 1. The summed E-state index contributed by atoms with van der Waals surface area (Å²) >= 11 is 1.16. The molecule has 1 aromatic heterocycles. The summed E-state index contributed by atoms with van der Waals surface area (Å²) in [4.78, 5) is 23.5. The van der Waals surface area contributed by atoms with E-state index in [9.17, 15) is 9.59 Å². The third kappa shape index (κ3) is 5.04. The Hall–Kier alpha value is -2.93. The third-order valence-electron chi connectivity index (χ3n) is 3.75. The molecule has 0 atom stereocenters. The minimum atomic E-state index is -0.216. The van der Waals surface area contributed by atoms with E-state index in [4.69, 9.17) is 4.42 Å². The van der Waals surface area contributed by atoms with E-state index in [0.717, 1.165) is 28.5 Å². The molecule has 1 heterocycles.